The van der Waals surface area contributed by atoms with Crippen molar-refractivity contribution in [1.29, 1.82) is 0 Å². The second kappa shape index (κ2) is 12.6. The van der Waals surface area contributed by atoms with Gasteiger partial charge in [0.15, 0.2) is 5.96 Å². The third-order valence-corrected chi connectivity index (χ3v) is 8.22. The van der Waals surface area contributed by atoms with E-state index in [9.17, 15) is 4.79 Å². The summed E-state index contributed by atoms with van der Waals surface area (Å²) in [6, 6.07) is 8.75. The zero-order valence-electron chi connectivity index (χ0n) is 20.9. The summed E-state index contributed by atoms with van der Waals surface area (Å²) < 4.78 is 4.99. The number of carbonyl (C=O) groups excluding carboxylic acids is 1. The van der Waals surface area contributed by atoms with Gasteiger partial charge < -0.3 is 21.1 Å². The average molecular weight is 469 g/mol. The molecule has 0 heterocycles. The van der Waals surface area contributed by atoms with Crippen molar-refractivity contribution in [2.45, 2.75) is 108 Å². The van der Waals surface area contributed by atoms with Crippen LogP contribution in [0.2, 0.25) is 0 Å². The van der Waals surface area contributed by atoms with E-state index in [4.69, 9.17) is 15.5 Å². The van der Waals surface area contributed by atoms with Gasteiger partial charge in [-0.1, -0.05) is 31.4 Å². The van der Waals surface area contributed by atoms with Gasteiger partial charge in [0.1, 0.15) is 0 Å². The van der Waals surface area contributed by atoms with Gasteiger partial charge in [-0.2, -0.15) is 0 Å². The van der Waals surface area contributed by atoms with E-state index in [1.165, 1.54) is 84.2 Å². The number of nitrogens with zero attached hydrogens (tertiary/aromatic N) is 1. The van der Waals surface area contributed by atoms with Crippen LogP contribution in [0, 0.1) is 11.8 Å². The van der Waals surface area contributed by atoms with Crippen LogP contribution in [0.1, 0.15) is 100 Å². The van der Waals surface area contributed by atoms with Gasteiger partial charge in [0, 0.05) is 12.1 Å². The topological polar surface area (TPSA) is 88.7 Å². The summed E-state index contributed by atoms with van der Waals surface area (Å²) in [5.41, 5.74) is 7.39. The molecule has 34 heavy (non-hydrogen) atoms. The van der Waals surface area contributed by atoms with Crippen LogP contribution >= 0.6 is 0 Å². The maximum Gasteiger partial charge on any atom is 0.339 e. The van der Waals surface area contributed by atoms with Gasteiger partial charge in [-0.25, -0.2) is 9.79 Å². The van der Waals surface area contributed by atoms with E-state index in [-0.39, 0.29) is 5.97 Å². The molecule has 188 valence electrons. The van der Waals surface area contributed by atoms with E-state index >= 15 is 0 Å². The lowest BCUT2D eigenvalue weighted by molar-refractivity contribution is 0.0602. The van der Waals surface area contributed by atoms with Gasteiger partial charge >= 0.3 is 5.97 Å². The van der Waals surface area contributed by atoms with Crippen LogP contribution in [0.3, 0.4) is 0 Å². The van der Waals surface area contributed by atoms with Gasteiger partial charge in [-0.05, 0) is 94.6 Å². The molecule has 6 nitrogen and oxygen atoms in total. The predicted octanol–water partition coefficient (Wildman–Crippen LogP) is 5.63. The molecule has 0 aromatic heterocycles. The van der Waals surface area contributed by atoms with Gasteiger partial charge in [0.05, 0.1) is 24.4 Å². The highest BCUT2D eigenvalue weighted by molar-refractivity contribution is 6.02. The fourth-order valence-corrected chi connectivity index (χ4v) is 6.14. The zero-order chi connectivity index (χ0) is 23.8. The van der Waals surface area contributed by atoms with E-state index < -0.39 is 0 Å². The Bertz CT molecular complexity index is 804. The third-order valence-electron chi connectivity index (χ3n) is 8.22. The van der Waals surface area contributed by atoms with E-state index in [1.54, 1.807) is 6.07 Å². The van der Waals surface area contributed by atoms with Crippen LogP contribution in [0.5, 0.6) is 0 Å². The average Bonchev–Trinajstić information content (AvgIpc) is 2.87. The molecule has 3 saturated carbocycles. The normalized spacial score (nSPS) is 28.8. The molecule has 4 rings (SSSR count). The van der Waals surface area contributed by atoms with Crippen molar-refractivity contribution in [2.75, 3.05) is 12.4 Å². The first-order chi connectivity index (χ1) is 16.6. The van der Waals surface area contributed by atoms with E-state index in [1.807, 2.05) is 18.2 Å². The summed E-state index contributed by atoms with van der Waals surface area (Å²) in [4.78, 5) is 17.5. The number of guanidine groups is 1. The largest absolute Gasteiger partial charge is 0.465 e. The Labute approximate surface area is 205 Å². The van der Waals surface area contributed by atoms with E-state index in [0.29, 0.717) is 23.7 Å². The van der Waals surface area contributed by atoms with Gasteiger partial charge in [-0.3, -0.25) is 0 Å². The predicted molar refractivity (Wildman–Crippen MR) is 139 cm³/mol. The quantitative estimate of drug-likeness (QED) is 0.286. The molecular weight excluding hydrogens is 424 g/mol. The number of para-hydroxylation sites is 1. The number of benzene rings is 1. The van der Waals surface area contributed by atoms with Crippen molar-refractivity contribution in [3.63, 3.8) is 0 Å². The Morgan fingerprint density at radius 1 is 0.941 bits per heavy atom. The molecule has 1 aromatic carbocycles. The molecule has 6 heteroatoms. The highest BCUT2D eigenvalue weighted by atomic mass is 16.5. The van der Waals surface area contributed by atoms with Crippen LogP contribution in [0.25, 0.3) is 0 Å². The number of rotatable bonds is 6. The van der Waals surface area contributed by atoms with Crippen LogP contribution in [0.4, 0.5) is 5.69 Å². The standard InChI is InChI=1S/C28H44N4O2/c1-34-27(33)25-9-5-6-10-26(25)32-28(30-23-7-3-2-4-8-23)31-24-17-13-21(14-18-24)19-20-11-15-22(29)16-12-20/h5-6,9-10,20-24H,2-4,7-8,11-19,29H2,1H3,(H2,30,31,32). The summed E-state index contributed by atoms with van der Waals surface area (Å²) in [6.45, 7) is 0. The molecule has 0 aliphatic heterocycles. The third kappa shape index (κ3) is 7.21. The van der Waals surface area contributed by atoms with Crippen LogP contribution < -0.4 is 16.4 Å². The lowest BCUT2D eigenvalue weighted by Crippen LogP contribution is -2.41. The molecule has 0 saturated heterocycles. The molecular formula is C28H44N4O2. The molecule has 3 aliphatic carbocycles. The number of hydrogen-bond donors (Lipinski definition) is 3. The van der Waals surface area contributed by atoms with Gasteiger partial charge in [0.25, 0.3) is 0 Å². The summed E-state index contributed by atoms with van der Waals surface area (Å²) >= 11 is 0. The molecule has 0 atom stereocenters. The molecule has 3 aliphatic rings. The van der Waals surface area contributed by atoms with Crippen LogP contribution in [-0.4, -0.2) is 37.2 Å². The first-order valence-corrected chi connectivity index (χ1v) is 13.6. The molecule has 1 aromatic rings. The lowest BCUT2D eigenvalue weighted by Gasteiger charge is -2.33. The van der Waals surface area contributed by atoms with Crippen molar-refractivity contribution in [3.8, 4) is 0 Å². The molecule has 0 amide bonds. The molecule has 0 unspecified atom stereocenters. The smallest absolute Gasteiger partial charge is 0.339 e. The zero-order valence-corrected chi connectivity index (χ0v) is 20.9. The van der Waals surface area contributed by atoms with Gasteiger partial charge in [0.2, 0.25) is 0 Å². The first-order valence-electron chi connectivity index (χ1n) is 13.6. The molecule has 0 radical (unpaired) electrons. The highest BCUT2D eigenvalue weighted by Crippen LogP contribution is 2.36. The lowest BCUT2D eigenvalue weighted by atomic mass is 9.76. The SMILES string of the molecule is COC(=O)c1ccccc1NC(=NC1CCC(CC2CCC(N)CC2)CC1)NC1CCCCC1. The summed E-state index contributed by atoms with van der Waals surface area (Å²) in [6.07, 6.45) is 17.5. The molecule has 4 N–H and O–H groups in total. The van der Waals surface area contributed by atoms with E-state index in [2.05, 4.69) is 10.6 Å². The van der Waals surface area contributed by atoms with Crippen molar-refractivity contribution in [3.05, 3.63) is 29.8 Å². The second-order valence-electron chi connectivity index (χ2n) is 10.8. The minimum atomic E-state index is -0.329. The van der Waals surface area contributed by atoms with E-state index in [0.717, 1.165) is 36.3 Å². The summed E-state index contributed by atoms with van der Waals surface area (Å²) in [5.74, 6) is 2.20. The number of aliphatic imine (C=N–C) groups is 1. The fourth-order valence-electron chi connectivity index (χ4n) is 6.14. The Hall–Kier alpha value is -2.08. The fraction of sp³-hybridized carbons (Fsp3) is 0.714. The maximum absolute atomic E-state index is 12.3. The van der Waals surface area contributed by atoms with Crippen molar-refractivity contribution in [1.82, 2.24) is 5.32 Å². The maximum atomic E-state index is 12.3. The summed E-state index contributed by atoms with van der Waals surface area (Å²) in [5, 5.41) is 7.16. The number of methoxy groups -OCH3 is 1. The van der Waals surface area contributed by atoms with Gasteiger partial charge in [-0.15, -0.1) is 0 Å². The van der Waals surface area contributed by atoms with Crippen LogP contribution in [0.15, 0.2) is 29.3 Å². The number of ether oxygens (including phenoxy) is 1. The molecule has 0 bridgehead atoms. The number of nitrogens with two attached hydrogens (primary N) is 1. The number of esters is 1. The Balaban J connectivity index is 1.39. The minimum Gasteiger partial charge on any atom is -0.465 e. The monoisotopic (exact) mass is 468 g/mol. The number of hydrogen-bond acceptors (Lipinski definition) is 4. The summed E-state index contributed by atoms with van der Waals surface area (Å²) in [7, 11) is 1.43. The van der Waals surface area contributed by atoms with Crippen molar-refractivity contribution in [2.24, 2.45) is 22.6 Å². The molecule has 3 fully saturated rings. The second-order valence-corrected chi connectivity index (χ2v) is 10.8. The first kappa shape index (κ1) is 25.0. The Morgan fingerprint density at radius 3 is 2.26 bits per heavy atom. The molecule has 0 spiro atoms. The number of anilines is 1. The van der Waals surface area contributed by atoms with Crippen molar-refractivity contribution >= 4 is 17.6 Å². The van der Waals surface area contributed by atoms with Crippen LogP contribution in [-0.2, 0) is 4.74 Å². The highest BCUT2D eigenvalue weighted by Gasteiger charge is 2.27. The number of carbonyl (C=O) groups is 1. The Kier molecular flexibility index (Phi) is 9.25. The van der Waals surface area contributed by atoms with Crippen molar-refractivity contribution < 1.29 is 9.53 Å². The minimum absolute atomic E-state index is 0.329. The number of nitrogens with one attached hydrogen (secondary N) is 2. The Morgan fingerprint density at radius 2 is 1.59 bits per heavy atom.